The van der Waals surface area contributed by atoms with Crippen molar-refractivity contribution in [3.8, 4) is 0 Å². The van der Waals surface area contributed by atoms with Crippen molar-refractivity contribution in [3.05, 3.63) is 0 Å². The number of rotatable bonds is 12. The molecule has 86 valence electrons. The van der Waals surface area contributed by atoms with E-state index in [1.165, 1.54) is 109 Å². The van der Waals surface area contributed by atoms with Gasteiger partial charge >= 0.3 is 102 Å². The Morgan fingerprint density at radius 3 is 1.20 bits per heavy atom. The predicted molar refractivity (Wildman–Crippen MR) is 71.6 cm³/mol. The van der Waals surface area contributed by atoms with Gasteiger partial charge in [-0.2, -0.15) is 0 Å². The van der Waals surface area contributed by atoms with Crippen LogP contribution in [-0.4, -0.2) is 27.9 Å². The second-order valence-corrected chi connectivity index (χ2v) is 5.89. The minimum absolute atomic E-state index is 1.38. The summed E-state index contributed by atoms with van der Waals surface area (Å²) in [7, 11) is 0. The fraction of sp³-hybridized carbons (Fsp3) is 1.00. The van der Waals surface area contributed by atoms with Crippen LogP contribution < -0.4 is 0 Å². The van der Waals surface area contributed by atoms with Crippen LogP contribution in [0, 0.1) is 0 Å². The summed E-state index contributed by atoms with van der Waals surface area (Å²) in [6.07, 6.45) is 17.7. The van der Waals surface area contributed by atoms with Gasteiger partial charge in [0.25, 0.3) is 0 Å². The van der Waals surface area contributed by atoms with Gasteiger partial charge in [-0.3, -0.25) is 0 Å². The molecule has 0 aromatic carbocycles. The molecule has 0 aliphatic rings. The van der Waals surface area contributed by atoms with Crippen LogP contribution in [0.1, 0.15) is 84.0 Å². The molecular weight excluding hydrogens is 191 g/mol. The summed E-state index contributed by atoms with van der Waals surface area (Å²) in [4.78, 5) is 0. The summed E-state index contributed by atoms with van der Waals surface area (Å²) in [6, 6.07) is 0. The van der Waals surface area contributed by atoms with Crippen molar-refractivity contribution >= 4 is 27.9 Å². The summed E-state index contributed by atoms with van der Waals surface area (Å²) >= 11 is 1.41. The molecule has 0 atom stereocenters. The van der Waals surface area contributed by atoms with E-state index in [0.717, 1.165) is 0 Å². The summed E-state index contributed by atoms with van der Waals surface area (Å²) in [5.74, 6) is 0. The van der Waals surface area contributed by atoms with Crippen molar-refractivity contribution in [2.75, 3.05) is 0 Å². The zero-order valence-electron chi connectivity index (χ0n) is 11.2. The maximum absolute atomic E-state index is 2.29. The van der Waals surface area contributed by atoms with Crippen molar-refractivity contribution < 1.29 is 0 Å². The third-order valence-electron chi connectivity index (χ3n) is 3.21. The monoisotopic (exact) mass is 220 g/mol. The number of hydrogen-bond acceptors (Lipinski definition) is 0. The molecule has 0 rings (SSSR count). The van der Waals surface area contributed by atoms with Crippen LogP contribution >= 0.6 is 0 Å². The van der Waals surface area contributed by atoms with Gasteiger partial charge in [-0.15, -0.1) is 0 Å². The first-order valence-corrected chi connectivity index (χ1v) is 8.83. The van der Waals surface area contributed by atoms with Crippen LogP contribution in [0.2, 0.25) is 3.67 Å². The first-order valence-electron chi connectivity index (χ1n) is 7.41. The van der Waals surface area contributed by atoms with E-state index in [0.29, 0.717) is 0 Å². The molecule has 0 radical (unpaired) electrons. The van der Waals surface area contributed by atoms with E-state index in [2.05, 4.69) is 6.92 Å². The Labute approximate surface area is 115 Å². The molecule has 0 aromatic heterocycles. The molecule has 0 amide bonds. The van der Waals surface area contributed by atoms with Gasteiger partial charge in [0.15, 0.2) is 0 Å². The van der Waals surface area contributed by atoms with Gasteiger partial charge in [0, 0.05) is 0 Å². The SMILES string of the molecule is CCCCCCCCCCCCC[CH2][Na]. The van der Waals surface area contributed by atoms with Gasteiger partial charge in [0.1, 0.15) is 0 Å². The quantitative estimate of drug-likeness (QED) is 0.310. The van der Waals surface area contributed by atoms with Crippen molar-refractivity contribution in [1.82, 2.24) is 0 Å². The zero-order valence-corrected chi connectivity index (χ0v) is 13.2. The Morgan fingerprint density at radius 2 is 0.867 bits per heavy atom. The van der Waals surface area contributed by atoms with Gasteiger partial charge in [-0.25, -0.2) is 0 Å². The van der Waals surface area contributed by atoms with Crippen LogP contribution in [0.3, 0.4) is 0 Å². The van der Waals surface area contributed by atoms with Crippen LogP contribution in [0.15, 0.2) is 0 Å². The second-order valence-electron chi connectivity index (χ2n) is 4.89. The Morgan fingerprint density at radius 1 is 0.533 bits per heavy atom. The fourth-order valence-corrected chi connectivity index (χ4v) is 2.59. The summed E-state index contributed by atoms with van der Waals surface area (Å²) in [5, 5.41) is 0. The van der Waals surface area contributed by atoms with E-state index < -0.39 is 0 Å². The van der Waals surface area contributed by atoms with Crippen LogP contribution in [0.5, 0.6) is 0 Å². The summed E-state index contributed by atoms with van der Waals surface area (Å²) in [6.45, 7) is 2.29. The normalized spacial score (nSPS) is 10.9. The third-order valence-corrected chi connectivity index (χ3v) is 3.91. The fourth-order valence-electron chi connectivity index (χ4n) is 2.09. The first kappa shape index (κ1) is 16.0. The molecule has 1 heteroatoms. The van der Waals surface area contributed by atoms with E-state index in [1.54, 1.807) is 0 Å². The molecule has 0 bridgehead atoms. The zero-order chi connectivity index (χ0) is 11.2. The average Bonchev–Trinajstić information content (AvgIpc) is 2.26. The molecule has 0 aromatic rings. The standard InChI is InChI=1S/C14H29.Na/c1-3-5-7-9-11-13-14-12-10-8-6-4-2;/h1,3-14H2,2H3;. The molecule has 0 unspecified atom stereocenters. The minimum atomic E-state index is 1.38. The second kappa shape index (κ2) is 15.0. The van der Waals surface area contributed by atoms with Crippen molar-refractivity contribution in [2.45, 2.75) is 87.6 Å². The van der Waals surface area contributed by atoms with Crippen LogP contribution in [0.25, 0.3) is 0 Å². The van der Waals surface area contributed by atoms with Gasteiger partial charge in [-0.05, 0) is 0 Å². The van der Waals surface area contributed by atoms with Gasteiger partial charge in [0.2, 0.25) is 0 Å². The molecule has 0 saturated heterocycles. The van der Waals surface area contributed by atoms with Crippen molar-refractivity contribution in [3.63, 3.8) is 0 Å². The first-order chi connectivity index (χ1) is 7.41. The average molecular weight is 220 g/mol. The molecule has 0 heterocycles. The van der Waals surface area contributed by atoms with Crippen LogP contribution in [0.4, 0.5) is 0 Å². The van der Waals surface area contributed by atoms with E-state index >= 15 is 0 Å². The van der Waals surface area contributed by atoms with E-state index in [1.807, 2.05) is 0 Å². The molecule has 15 heavy (non-hydrogen) atoms. The molecule has 0 nitrogen and oxygen atoms in total. The summed E-state index contributed by atoms with van der Waals surface area (Å²) < 4.78 is 1.51. The topological polar surface area (TPSA) is 0 Å². The summed E-state index contributed by atoms with van der Waals surface area (Å²) in [5.41, 5.74) is 0. The van der Waals surface area contributed by atoms with Gasteiger partial charge < -0.3 is 0 Å². The van der Waals surface area contributed by atoms with E-state index in [-0.39, 0.29) is 0 Å². The molecule has 0 aliphatic heterocycles. The molecule has 0 N–H and O–H groups in total. The van der Waals surface area contributed by atoms with Gasteiger partial charge in [-0.1, -0.05) is 13.3 Å². The predicted octanol–water partition coefficient (Wildman–Crippen LogP) is 5.27. The Kier molecular flexibility index (Phi) is 16.0. The van der Waals surface area contributed by atoms with Crippen molar-refractivity contribution in [1.29, 1.82) is 0 Å². The molecule has 0 aliphatic carbocycles. The Hall–Kier alpha value is 1.00. The van der Waals surface area contributed by atoms with Crippen molar-refractivity contribution in [2.24, 2.45) is 0 Å². The molecule has 0 spiro atoms. The molecule has 0 saturated carbocycles. The Bertz CT molecular complexity index is 89.5. The van der Waals surface area contributed by atoms with E-state index in [4.69, 9.17) is 0 Å². The molecule has 0 fully saturated rings. The van der Waals surface area contributed by atoms with Gasteiger partial charge in [0.05, 0.1) is 0 Å². The number of hydrogen-bond donors (Lipinski definition) is 0. The molecular formula is C14H29Na. The van der Waals surface area contributed by atoms with Crippen LogP contribution in [-0.2, 0) is 0 Å². The third kappa shape index (κ3) is 15.0. The van der Waals surface area contributed by atoms with E-state index in [9.17, 15) is 0 Å². The number of unbranched alkanes of at least 4 members (excludes halogenated alkanes) is 11. The maximum atomic E-state index is 2.29. The Balaban J connectivity index is 2.81.